The molecule has 0 fully saturated rings. The van der Waals surface area contributed by atoms with Gasteiger partial charge in [-0.25, -0.2) is 4.79 Å². The van der Waals surface area contributed by atoms with Crippen LogP contribution in [0.4, 0.5) is 5.69 Å². The van der Waals surface area contributed by atoms with Crippen LogP contribution in [-0.2, 0) is 11.3 Å². The van der Waals surface area contributed by atoms with Gasteiger partial charge in [0.2, 0.25) is 5.91 Å². The first-order valence-electron chi connectivity index (χ1n) is 6.83. The third-order valence-corrected chi connectivity index (χ3v) is 5.01. The predicted molar refractivity (Wildman–Crippen MR) is 96.5 cm³/mol. The first-order chi connectivity index (χ1) is 11.3. The fourth-order valence-corrected chi connectivity index (χ4v) is 3.42. The van der Waals surface area contributed by atoms with Gasteiger partial charge in [0.25, 0.3) is 5.56 Å². The van der Waals surface area contributed by atoms with E-state index < -0.39 is 23.7 Å². The number of carbonyl (C=O) groups is 1. The molecule has 0 atom stereocenters. The van der Waals surface area contributed by atoms with Crippen molar-refractivity contribution in [1.82, 2.24) is 9.55 Å². The van der Waals surface area contributed by atoms with E-state index in [2.05, 4.69) is 10.3 Å². The third kappa shape index (κ3) is 3.24. The quantitative estimate of drug-likeness (QED) is 0.728. The van der Waals surface area contributed by atoms with Gasteiger partial charge < -0.3 is 5.32 Å². The van der Waals surface area contributed by atoms with E-state index in [1.807, 2.05) is 6.92 Å². The summed E-state index contributed by atoms with van der Waals surface area (Å²) in [5.74, 6) is -0.521. The highest BCUT2D eigenvalue weighted by atomic mass is 35.5. The van der Waals surface area contributed by atoms with Gasteiger partial charge in [-0.2, -0.15) is 0 Å². The Morgan fingerprint density at radius 3 is 2.71 bits per heavy atom. The SMILES string of the molecule is Cc1cc2c(=O)n(CC(=O)Nc3ccc(Cl)c(Cl)c3)c(=O)[nH]c2s1. The maximum Gasteiger partial charge on any atom is 0.329 e. The monoisotopic (exact) mass is 383 g/mol. The molecule has 0 radical (unpaired) electrons. The molecule has 1 amide bonds. The van der Waals surface area contributed by atoms with Crippen LogP contribution in [0.15, 0.2) is 33.9 Å². The summed E-state index contributed by atoms with van der Waals surface area (Å²) in [7, 11) is 0. The van der Waals surface area contributed by atoms with Crippen molar-refractivity contribution < 1.29 is 4.79 Å². The average molecular weight is 384 g/mol. The zero-order valence-electron chi connectivity index (χ0n) is 12.4. The molecule has 6 nitrogen and oxygen atoms in total. The maximum atomic E-state index is 12.4. The summed E-state index contributed by atoms with van der Waals surface area (Å²) in [6.45, 7) is 1.43. The Morgan fingerprint density at radius 2 is 2.00 bits per heavy atom. The van der Waals surface area contributed by atoms with Crippen molar-refractivity contribution in [2.45, 2.75) is 13.5 Å². The number of thiophene rings is 1. The van der Waals surface area contributed by atoms with Crippen molar-refractivity contribution in [3.05, 3.63) is 60.0 Å². The number of H-pyrrole nitrogens is 1. The van der Waals surface area contributed by atoms with Crippen LogP contribution in [0.25, 0.3) is 10.2 Å². The number of fused-ring (bicyclic) bond motifs is 1. The largest absolute Gasteiger partial charge is 0.329 e. The van der Waals surface area contributed by atoms with Gasteiger partial charge in [-0.15, -0.1) is 11.3 Å². The van der Waals surface area contributed by atoms with Gasteiger partial charge in [0.05, 0.1) is 15.4 Å². The van der Waals surface area contributed by atoms with Crippen molar-refractivity contribution in [2.75, 3.05) is 5.32 Å². The fourth-order valence-electron chi connectivity index (χ4n) is 2.23. The molecule has 24 heavy (non-hydrogen) atoms. The van der Waals surface area contributed by atoms with E-state index in [1.165, 1.54) is 17.4 Å². The molecule has 2 N–H and O–H groups in total. The van der Waals surface area contributed by atoms with E-state index in [0.717, 1.165) is 9.44 Å². The van der Waals surface area contributed by atoms with Crippen molar-refractivity contribution >= 4 is 56.3 Å². The number of nitrogens with zero attached hydrogens (tertiary/aromatic N) is 1. The minimum Gasteiger partial charge on any atom is -0.324 e. The number of aromatic nitrogens is 2. The van der Waals surface area contributed by atoms with Gasteiger partial charge >= 0.3 is 5.69 Å². The number of carbonyl (C=O) groups excluding carboxylic acids is 1. The zero-order valence-corrected chi connectivity index (χ0v) is 14.7. The molecule has 2 aromatic heterocycles. The number of hydrogen-bond acceptors (Lipinski definition) is 4. The Kier molecular flexibility index (Phi) is 4.49. The molecule has 0 unspecified atom stereocenters. The topological polar surface area (TPSA) is 84.0 Å². The second-order valence-corrected chi connectivity index (χ2v) is 7.17. The molecule has 9 heteroatoms. The molecule has 0 aliphatic heterocycles. The first kappa shape index (κ1) is 16.8. The van der Waals surface area contributed by atoms with E-state index in [4.69, 9.17) is 23.2 Å². The van der Waals surface area contributed by atoms with Gasteiger partial charge in [-0.05, 0) is 31.2 Å². The Morgan fingerprint density at radius 1 is 1.25 bits per heavy atom. The van der Waals surface area contributed by atoms with Crippen LogP contribution in [0.3, 0.4) is 0 Å². The lowest BCUT2D eigenvalue weighted by Crippen LogP contribution is -2.38. The number of rotatable bonds is 3. The molecule has 0 bridgehead atoms. The molecule has 2 heterocycles. The molecular formula is C15H11Cl2N3O3S. The number of anilines is 1. The number of aromatic amines is 1. The number of halogens is 2. The van der Waals surface area contributed by atoms with Gasteiger partial charge in [0.15, 0.2) is 0 Å². The third-order valence-electron chi connectivity index (χ3n) is 3.30. The molecule has 3 rings (SSSR count). The summed E-state index contributed by atoms with van der Waals surface area (Å²) in [6, 6.07) is 6.29. The van der Waals surface area contributed by atoms with E-state index >= 15 is 0 Å². The standard InChI is InChI=1S/C15H11Cl2N3O3S/c1-7-4-9-13(24-7)19-15(23)20(14(9)22)6-12(21)18-8-2-3-10(16)11(17)5-8/h2-5H,6H2,1H3,(H,18,21)(H,19,23). The number of benzene rings is 1. The van der Waals surface area contributed by atoms with Crippen molar-refractivity contribution in [2.24, 2.45) is 0 Å². The van der Waals surface area contributed by atoms with Crippen LogP contribution in [0.1, 0.15) is 4.88 Å². The fraction of sp³-hybridized carbons (Fsp3) is 0.133. The Hall–Kier alpha value is -2.09. The number of aryl methyl sites for hydroxylation is 1. The average Bonchev–Trinajstić information content (AvgIpc) is 2.88. The van der Waals surface area contributed by atoms with Crippen LogP contribution in [0.2, 0.25) is 10.0 Å². The zero-order chi connectivity index (χ0) is 17.4. The second kappa shape index (κ2) is 6.43. The maximum absolute atomic E-state index is 12.4. The molecule has 0 aliphatic carbocycles. The Balaban J connectivity index is 1.89. The summed E-state index contributed by atoms with van der Waals surface area (Å²) < 4.78 is 0.862. The Labute approximate surface area is 149 Å². The summed E-state index contributed by atoms with van der Waals surface area (Å²) in [5, 5.41) is 3.62. The van der Waals surface area contributed by atoms with Crippen LogP contribution < -0.4 is 16.6 Å². The number of amides is 1. The van der Waals surface area contributed by atoms with E-state index in [9.17, 15) is 14.4 Å². The van der Waals surface area contributed by atoms with Gasteiger partial charge in [0.1, 0.15) is 11.4 Å². The number of nitrogens with one attached hydrogen (secondary N) is 2. The van der Waals surface area contributed by atoms with E-state index in [-0.39, 0.29) is 0 Å². The molecule has 0 aliphatic rings. The number of hydrogen-bond donors (Lipinski definition) is 2. The molecule has 124 valence electrons. The molecule has 3 aromatic rings. The van der Waals surface area contributed by atoms with E-state index in [0.29, 0.717) is 25.9 Å². The molecule has 0 saturated carbocycles. The van der Waals surface area contributed by atoms with Crippen LogP contribution in [0.5, 0.6) is 0 Å². The van der Waals surface area contributed by atoms with Crippen LogP contribution in [-0.4, -0.2) is 15.5 Å². The van der Waals surface area contributed by atoms with Crippen LogP contribution >= 0.6 is 34.5 Å². The highest BCUT2D eigenvalue weighted by molar-refractivity contribution is 7.18. The summed E-state index contributed by atoms with van der Waals surface area (Å²) in [4.78, 5) is 40.6. The smallest absolute Gasteiger partial charge is 0.324 e. The van der Waals surface area contributed by atoms with Gasteiger partial charge in [0, 0.05) is 10.6 Å². The molecular weight excluding hydrogens is 373 g/mol. The van der Waals surface area contributed by atoms with Crippen molar-refractivity contribution in [3.63, 3.8) is 0 Å². The lowest BCUT2D eigenvalue weighted by molar-refractivity contribution is -0.116. The first-order valence-corrected chi connectivity index (χ1v) is 8.40. The summed E-state index contributed by atoms with van der Waals surface area (Å²) in [6.07, 6.45) is 0. The normalized spacial score (nSPS) is 11.0. The molecule has 0 saturated heterocycles. The predicted octanol–water partition coefficient (Wildman–Crippen LogP) is 3.01. The van der Waals surface area contributed by atoms with Crippen molar-refractivity contribution in [3.8, 4) is 0 Å². The summed E-state index contributed by atoms with van der Waals surface area (Å²) >= 11 is 13.0. The highest BCUT2D eigenvalue weighted by Crippen LogP contribution is 2.25. The van der Waals surface area contributed by atoms with Crippen molar-refractivity contribution in [1.29, 1.82) is 0 Å². The summed E-state index contributed by atoms with van der Waals surface area (Å²) in [5.41, 5.74) is -0.702. The second-order valence-electron chi connectivity index (χ2n) is 5.10. The minimum absolute atomic E-state index is 0.291. The molecule has 0 spiro atoms. The lowest BCUT2D eigenvalue weighted by atomic mass is 10.3. The minimum atomic E-state index is -0.626. The highest BCUT2D eigenvalue weighted by Gasteiger charge is 2.13. The Bertz CT molecular complexity index is 1070. The van der Waals surface area contributed by atoms with Crippen LogP contribution in [0, 0.1) is 6.92 Å². The van der Waals surface area contributed by atoms with Gasteiger partial charge in [-0.3, -0.25) is 19.1 Å². The van der Waals surface area contributed by atoms with Gasteiger partial charge in [-0.1, -0.05) is 23.2 Å². The lowest BCUT2D eigenvalue weighted by Gasteiger charge is -2.07. The van der Waals surface area contributed by atoms with E-state index in [1.54, 1.807) is 18.2 Å². The molecule has 1 aromatic carbocycles.